The second kappa shape index (κ2) is 9.30. The molecule has 140 valence electrons. The van der Waals surface area contributed by atoms with Gasteiger partial charge in [-0.05, 0) is 82.2 Å². The molecule has 0 spiro atoms. The summed E-state index contributed by atoms with van der Waals surface area (Å²) < 4.78 is 6.00. The van der Waals surface area contributed by atoms with E-state index in [-0.39, 0.29) is 5.91 Å². The van der Waals surface area contributed by atoms with E-state index in [1.165, 1.54) is 6.21 Å². The van der Waals surface area contributed by atoms with Gasteiger partial charge in [0.2, 0.25) is 0 Å². The van der Waals surface area contributed by atoms with Crippen LogP contribution in [0.15, 0.2) is 82.4 Å². The van der Waals surface area contributed by atoms with Gasteiger partial charge >= 0.3 is 5.97 Å². The van der Waals surface area contributed by atoms with Crippen LogP contribution in [0.1, 0.15) is 26.3 Å². The lowest BCUT2D eigenvalue weighted by molar-refractivity contribution is 0.0734. The van der Waals surface area contributed by atoms with Gasteiger partial charge in [-0.25, -0.2) is 10.2 Å². The first-order chi connectivity index (χ1) is 13.5. The van der Waals surface area contributed by atoms with Gasteiger partial charge in [0.25, 0.3) is 5.91 Å². The molecular formula is C21H14BrClN2O3. The summed E-state index contributed by atoms with van der Waals surface area (Å²) in [4.78, 5) is 24.1. The summed E-state index contributed by atoms with van der Waals surface area (Å²) in [5.74, 6) is -0.398. The highest BCUT2D eigenvalue weighted by molar-refractivity contribution is 9.10. The predicted molar refractivity (Wildman–Crippen MR) is 112 cm³/mol. The number of ether oxygens (including phenoxy) is 1. The topological polar surface area (TPSA) is 67.8 Å². The van der Waals surface area contributed by atoms with Gasteiger partial charge in [-0.3, -0.25) is 4.79 Å². The van der Waals surface area contributed by atoms with Crippen molar-refractivity contribution in [3.63, 3.8) is 0 Å². The summed E-state index contributed by atoms with van der Waals surface area (Å²) >= 11 is 9.13. The average molecular weight is 458 g/mol. The minimum absolute atomic E-state index is 0.322. The number of rotatable bonds is 5. The number of nitrogens with zero attached hydrogens (tertiary/aromatic N) is 1. The fourth-order valence-electron chi connectivity index (χ4n) is 2.24. The summed E-state index contributed by atoms with van der Waals surface area (Å²) in [6.07, 6.45) is 1.50. The van der Waals surface area contributed by atoms with Crippen LogP contribution in [0.5, 0.6) is 5.75 Å². The van der Waals surface area contributed by atoms with Crippen LogP contribution in [0.3, 0.4) is 0 Å². The van der Waals surface area contributed by atoms with E-state index in [4.69, 9.17) is 16.3 Å². The van der Waals surface area contributed by atoms with E-state index >= 15 is 0 Å². The molecule has 0 bridgehead atoms. The van der Waals surface area contributed by atoms with Crippen LogP contribution in [-0.2, 0) is 0 Å². The van der Waals surface area contributed by atoms with Crippen molar-refractivity contribution in [1.29, 1.82) is 0 Å². The van der Waals surface area contributed by atoms with Gasteiger partial charge in [0.1, 0.15) is 5.75 Å². The minimum Gasteiger partial charge on any atom is -0.423 e. The number of halogens is 2. The van der Waals surface area contributed by atoms with Crippen molar-refractivity contribution in [2.75, 3.05) is 0 Å². The molecule has 0 aromatic heterocycles. The molecule has 0 heterocycles. The molecule has 0 fully saturated rings. The van der Waals surface area contributed by atoms with E-state index in [1.807, 2.05) is 6.07 Å². The molecule has 0 unspecified atom stereocenters. The van der Waals surface area contributed by atoms with E-state index < -0.39 is 5.97 Å². The van der Waals surface area contributed by atoms with Crippen LogP contribution in [0.2, 0.25) is 5.02 Å². The molecule has 5 nitrogen and oxygen atoms in total. The molecule has 0 radical (unpaired) electrons. The van der Waals surface area contributed by atoms with Crippen molar-refractivity contribution in [2.24, 2.45) is 5.10 Å². The number of amides is 1. The van der Waals surface area contributed by atoms with Crippen molar-refractivity contribution >= 4 is 45.6 Å². The number of hydrazone groups is 1. The fourth-order valence-corrected chi connectivity index (χ4v) is 2.84. The van der Waals surface area contributed by atoms with Crippen LogP contribution in [0, 0.1) is 0 Å². The van der Waals surface area contributed by atoms with Crippen LogP contribution in [0.4, 0.5) is 0 Å². The Morgan fingerprint density at radius 1 is 0.964 bits per heavy atom. The Hall–Kier alpha value is -2.96. The molecule has 0 aliphatic heterocycles. The van der Waals surface area contributed by atoms with Crippen LogP contribution < -0.4 is 10.2 Å². The van der Waals surface area contributed by atoms with Crippen LogP contribution in [-0.4, -0.2) is 18.1 Å². The number of esters is 1. The Morgan fingerprint density at radius 3 is 2.32 bits per heavy atom. The summed E-state index contributed by atoms with van der Waals surface area (Å²) in [6.45, 7) is 0. The molecule has 0 saturated heterocycles. The largest absolute Gasteiger partial charge is 0.423 e. The highest BCUT2D eigenvalue weighted by Crippen LogP contribution is 2.16. The highest BCUT2D eigenvalue weighted by Gasteiger charge is 2.09. The molecule has 7 heteroatoms. The van der Waals surface area contributed by atoms with Gasteiger partial charge in [-0.2, -0.15) is 5.10 Å². The first kappa shape index (κ1) is 19.8. The third kappa shape index (κ3) is 5.28. The Balaban J connectivity index is 1.57. The Morgan fingerprint density at radius 2 is 1.64 bits per heavy atom. The Kier molecular flexibility index (Phi) is 6.57. The summed E-state index contributed by atoms with van der Waals surface area (Å²) in [6, 6.07) is 20.2. The van der Waals surface area contributed by atoms with Crippen molar-refractivity contribution in [2.45, 2.75) is 0 Å². The third-order valence-corrected chi connectivity index (χ3v) is 4.61. The number of nitrogens with one attached hydrogen (secondary N) is 1. The maximum atomic E-state index is 12.1. The van der Waals surface area contributed by atoms with E-state index in [2.05, 4.69) is 26.5 Å². The van der Waals surface area contributed by atoms with E-state index in [1.54, 1.807) is 66.7 Å². The molecule has 1 N–H and O–H groups in total. The number of hydrogen-bond donors (Lipinski definition) is 1. The van der Waals surface area contributed by atoms with Gasteiger partial charge in [0.15, 0.2) is 0 Å². The molecule has 0 saturated carbocycles. The standard InChI is InChI=1S/C21H14BrClN2O3/c22-19-4-2-1-3-18(19)20(26)25-24-13-14-5-11-17(12-6-14)28-21(27)15-7-9-16(23)10-8-15/h1-13H,(H,25,26)/b24-13-. The molecule has 3 rings (SSSR count). The van der Waals surface area contributed by atoms with Crippen molar-refractivity contribution < 1.29 is 14.3 Å². The first-order valence-corrected chi connectivity index (χ1v) is 9.36. The maximum Gasteiger partial charge on any atom is 0.343 e. The SMILES string of the molecule is O=C(Oc1ccc(/C=N\NC(=O)c2ccccc2Br)cc1)c1ccc(Cl)cc1. The fraction of sp³-hybridized carbons (Fsp3) is 0. The third-order valence-electron chi connectivity index (χ3n) is 3.67. The number of benzene rings is 3. The van der Waals surface area contributed by atoms with Gasteiger partial charge in [-0.15, -0.1) is 0 Å². The van der Waals surface area contributed by atoms with Gasteiger partial charge in [-0.1, -0.05) is 23.7 Å². The van der Waals surface area contributed by atoms with Gasteiger partial charge in [0.05, 0.1) is 17.3 Å². The predicted octanol–water partition coefficient (Wildman–Crippen LogP) is 5.09. The first-order valence-electron chi connectivity index (χ1n) is 8.19. The second-order valence-corrected chi connectivity index (χ2v) is 6.94. The average Bonchev–Trinajstić information content (AvgIpc) is 2.70. The molecule has 3 aromatic rings. The summed E-state index contributed by atoms with van der Waals surface area (Å²) in [5, 5.41) is 4.49. The lowest BCUT2D eigenvalue weighted by Crippen LogP contribution is -2.18. The normalized spacial score (nSPS) is 10.6. The number of carbonyl (C=O) groups is 2. The van der Waals surface area contributed by atoms with Crippen molar-refractivity contribution in [1.82, 2.24) is 5.43 Å². The van der Waals surface area contributed by atoms with Crippen molar-refractivity contribution in [3.05, 3.63) is 99.0 Å². The minimum atomic E-state index is -0.473. The molecule has 0 atom stereocenters. The zero-order valence-electron chi connectivity index (χ0n) is 14.4. The van der Waals surface area contributed by atoms with Crippen LogP contribution in [0.25, 0.3) is 0 Å². The second-order valence-electron chi connectivity index (χ2n) is 5.64. The van der Waals surface area contributed by atoms with Gasteiger partial charge in [0, 0.05) is 9.50 Å². The lowest BCUT2D eigenvalue weighted by atomic mass is 10.2. The van der Waals surface area contributed by atoms with E-state index in [0.29, 0.717) is 26.4 Å². The van der Waals surface area contributed by atoms with Crippen molar-refractivity contribution in [3.8, 4) is 5.75 Å². The smallest absolute Gasteiger partial charge is 0.343 e. The highest BCUT2D eigenvalue weighted by atomic mass is 79.9. The van der Waals surface area contributed by atoms with Crippen LogP contribution >= 0.6 is 27.5 Å². The molecule has 3 aromatic carbocycles. The Bertz CT molecular complexity index is 1020. The zero-order chi connectivity index (χ0) is 19.9. The quantitative estimate of drug-likeness (QED) is 0.251. The number of hydrogen-bond acceptors (Lipinski definition) is 4. The zero-order valence-corrected chi connectivity index (χ0v) is 16.8. The Labute approximate surface area is 175 Å². The molecule has 0 aliphatic rings. The summed E-state index contributed by atoms with van der Waals surface area (Å²) in [7, 11) is 0. The number of carbonyl (C=O) groups excluding carboxylic acids is 2. The van der Waals surface area contributed by atoms with E-state index in [9.17, 15) is 9.59 Å². The maximum absolute atomic E-state index is 12.1. The molecule has 28 heavy (non-hydrogen) atoms. The van der Waals surface area contributed by atoms with Gasteiger partial charge < -0.3 is 4.74 Å². The molecular weight excluding hydrogens is 444 g/mol. The molecule has 0 aliphatic carbocycles. The summed E-state index contributed by atoms with van der Waals surface area (Å²) in [5.41, 5.74) is 4.10. The lowest BCUT2D eigenvalue weighted by Gasteiger charge is -2.05. The molecule has 1 amide bonds. The monoisotopic (exact) mass is 456 g/mol. The van der Waals surface area contributed by atoms with E-state index in [0.717, 1.165) is 5.56 Å².